The number of carbonyl (C=O) groups is 1. The fourth-order valence-corrected chi connectivity index (χ4v) is 2.83. The molecule has 0 aliphatic carbocycles. The molecule has 0 aliphatic rings. The Morgan fingerprint density at radius 1 is 1.10 bits per heavy atom. The van der Waals surface area contributed by atoms with Gasteiger partial charge in [-0.1, -0.05) is 0 Å². The zero-order valence-electron chi connectivity index (χ0n) is 11.2. The third-order valence-corrected chi connectivity index (χ3v) is 3.90. The molecule has 0 saturated heterocycles. The summed E-state index contributed by atoms with van der Waals surface area (Å²) < 4.78 is 6.91. The van der Waals surface area contributed by atoms with Gasteiger partial charge in [-0.05, 0) is 50.2 Å². The molecule has 1 heterocycles. The number of carbonyl (C=O) groups excluding carboxylic acids is 1. The molecule has 4 heteroatoms. The number of aryl methyl sites for hydroxylation is 1. The van der Waals surface area contributed by atoms with Crippen LogP contribution >= 0.6 is 11.3 Å². The van der Waals surface area contributed by atoms with E-state index < -0.39 is 0 Å². The van der Waals surface area contributed by atoms with Crippen LogP contribution in [0.3, 0.4) is 0 Å². The molecule has 0 unspecified atom stereocenters. The summed E-state index contributed by atoms with van der Waals surface area (Å²) in [5.41, 5.74) is 1.68. The van der Waals surface area contributed by atoms with Crippen molar-refractivity contribution in [3.8, 4) is 11.5 Å². The van der Waals surface area contributed by atoms with Crippen molar-refractivity contribution in [2.75, 3.05) is 0 Å². The smallest absolute Gasteiger partial charge is 0.159 e. The Morgan fingerprint density at radius 2 is 1.80 bits per heavy atom. The van der Waals surface area contributed by atoms with Crippen molar-refractivity contribution in [3.63, 3.8) is 0 Å². The zero-order chi connectivity index (χ0) is 14.1. The van der Waals surface area contributed by atoms with Crippen LogP contribution in [0.2, 0.25) is 0 Å². The molecule has 0 aliphatic heterocycles. The summed E-state index contributed by atoms with van der Waals surface area (Å²) in [5, 5.41) is 1.04. The predicted octanol–water partition coefficient (Wildman–Crippen LogP) is 4.60. The van der Waals surface area contributed by atoms with E-state index in [9.17, 15) is 4.79 Å². The first-order valence-corrected chi connectivity index (χ1v) is 7.09. The molecular formula is C16H13NO2S. The fraction of sp³-hybridized carbons (Fsp3) is 0.125. The maximum atomic E-state index is 11.2. The normalized spacial score (nSPS) is 10.7. The number of ether oxygens (including phenoxy) is 1. The van der Waals surface area contributed by atoms with E-state index in [0.717, 1.165) is 26.7 Å². The van der Waals surface area contributed by atoms with Gasteiger partial charge in [-0.2, -0.15) is 0 Å². The second-order valence-corrected chi connectivity index (χ2v) is 5.78. The fourth-order valence-electron chi connectivity index (χ4n) is 1.98. The summed E-state index contributed by atoms with van der Waals surface area (Å²) in [6.07, 6.45) is 0. The van der Waals surface area contributed by atoms with Crippen LogP contribution in [0.4, 0.5) is 0 Å². The molecule has 3 nitrogen and oxygen atoms in total. The van der Waals surface area contributed by atoms with Crippen molar-refractivity contribution in [2.45, 2.75) is 13.8 Å². The van der Waals surface area contributed by atoms with E-state index >= 15 is 0 Å². The number of nitrogens with zero attached hydrogens (tertiary/aromatic N) is 1. The highest BCUT2D eigenvalue weighted by molar-refractivity contribution is 7.18. The summed E-state index contributed by atoms with van der Waals surface area (Å²) in [4.78, 5) is 15.6. The Kier molecular flexibility index (Phi) is 3.24. The second kappa shape index (κ2) is 5.06. The molecule has 3 aromatic rings. The van der Waals surface area contributed by atoms with Crippen LogP contribution in [-0.2, 0) is 0 Å². The Balaban J connectivity index is 1.86. The Bertz CT molecular complexity index is 775. The Labute approximate surface area is 120 Å². The van der Waals surface area contributed by atoms with Gasteiger partial charge < -0.3 is 4.74 Å². The van der Waals surface area contributed by atoms with Gasteiger partial charge in [0.2, 0.25) is 0 Å². The van der Waals surface area contributed by atoms with Gasteiger partial charge in [-0.25, -0.2) is 4.98 Å². The summed E-state index contributed by atoms with van der Waals surface area (Å²) in [6, 6.07) is 13.0. The average Bonchev–Trinajstić information content (AvgIpc) is 2.78. The third kappa shape index (κ3) is 2.56. The van der Waals surface area contributed by atoms with Crippen LogP contribution in [0.1, 0.15) is 22.3 Å². The van der Waals surface area contributed by atoms with Gasteiger partial charge in [0.15, 0.2) is 5.78 Å². The number of benzene rings is 2. The second-order valence-electron chi connectivity index (χ2n) is 4.55. The Morgan fingerprint density at radius 3 is 2.50 bits per heavy atom. The number of hydrogen-bond donors (Lipinski definition) is 0. The summed E-state index contributed by atoms with van der Waals surface area (Å²) in [6.45, 7) is 3.54. The number of fused-ring (bicyclic) bond motifs is 1. The van der Waals surface area contributed by atoms with Crippen LogP contribution in [0, 0.1) is 6.92 Å². The molecular weight excluding hydrogens is 270 g/mol. The number of Topliss-reactive ketones (excluding diaryl/α,β-unsaturated/α-hetero) is 1. The minimum absolute atomic E-state index is 0.0538. The molecule has 0 N–H and O–H groups in total. The van der Waals surface area contributed by atoms with Crippen molar-refractivity contribution in [1.29, 1.82) is 0 Å². The molecule has 0 bridgehead atoms. The van der Waals surface area contributed by atoms with E-state index in [2.05, 4.69) is 4.98 Å². The Hall–Kier alpha value is -2.20. The topological polar surface area (TPSA) is 39.2 Å². The van der Waals surface area contributed by atoms with Gasteiger partial charge in [0.1, 0.15) is 11.5 Å². The van der Waals surface area contributed by atoms with Crippen LogP contribution in [-0.4, -0.2) is 10.8 Å². The van der Waals surface area contributed by atoms with E-state index in [1.165, 1.54) is 0 Å². The average molecular weight is 283 g/mol. The van der Waals surface area contributed by atoms with E-state index in [4.69, 9.17) is 4.74 Å². The van der Waals surface area contributed by atoms with Crippen LogP contribution in [0.15, 0.2) is 42.5 Å². The summed E-state index contributed by atoms with van der Waals surface area (Å²) in [7, 11) is 0. The summed E-state index contributed by atoms with van der Waals surface area (Å²) in [5.74, 6) is 1.55. The lowest BCUT2D eigenvalue weighted by Crippen LogP contribution is -1.91. The quantitative estimate of drug-likeness (QED) is 0.659. The molecule has 2 aromatic carbocycles. The molecule has 20 heavy (non-hydrogen) atoms. The van der Waals surface area contributed by atoms with Crippen molar-refractivity contribution in [1.82, 2.24) is 4.98 Å². The highest BCUT2D eigenvalue weighted by Gasteiger charge is 2.04. The molecule has 100 valence electrons. The minimum atomic E-state index is 0.0538. The lowest BCUT2D eigenvalue weighted by molar-refractivity contribution is 0.101. The molecule has 0 spiro atoms. The van der Waals surface area contributed by atoms with Gasteiger partial charge in [-0.15, -0.1) is 11.3 Å². The first-order chi connectivity index (χ1) is 9.61. The minimum Gasteiger partial charge on any atom is -0.457 e. The van der Waals surface area contributed by atoms with Gasteiger partial charge >= 0.3 is 0 Å². The maximum absolute atomic E-state index is 11.2. The highest BCUT2D eigenvalue weighted by atomic mass is 32.1. The lowest BCUT2D eigenvalue weighted by atomic mass is 10.1. The van der Waals surface area contributed by atoms with E-state index in [1.54, 1.807) is 42.5 Å². The molecule has 0 radical (unpaired) electrons. The van der Waals surface area contributed by atoms with E-state index in [1.807, 2.05) is 25.1 Å². The number of ketones is 1. The predicted molar refractivity (Wildman–Crippen MR) is 80.9 cm³/mol. The van der Waals surface area contributed by atoms with Crippen LogP contribution in [0.25, 0.3) is 10.2 Å². The largest absolute Gasteiger partial charge is 0.457 e. The molecule has 1 aromatic heterocycles. The molecule has 0 atom stereocenters. The van der Waals surface area contributed by atoms with Crippen molar-refractivity contribution in [2.24, 2.45) is 0 Å². The number of thiazole rings is 1. The zero-order valence-corrected chi connectivity index (χ0v) is 12.0. The van der Waals surface area contributed by atoms with Crippen molar-refractivity contribution in [3.05, 3.63) is 53.0 Å². The van der Waals surface area contributed by atoms with Crippen LogP contribution < -0.4 is 4.74 Å². The van der Waals surface area contributed by atoms with Crippen molar-refractivity contribution >= 4 is 27.3 Å². The van der Waals surface area contributed by atoms with Gasteiger partial charge in [0, 0.05) is 11.6 Å². The molecule has 0 saturated carbocycles. The van der Waals surface area contributed by atoms with Gasteiger partial charge in [-0.3, -0.25) is 4.79 Å². The first kappa shape index (κ1) is 12.8. The number of rotatable bonds is 3. The van der Waals surface area contributed by atoms with E-state index in [-0.39, 0.29) is 5.78 Å². The van der Waals surface area contributed by atoms with Gasteiger partial charge in [0.25, 0.3) is 0 Å². The van der Waals surface area contributed by atoms with Gasteiger partial charge in [0.05, 0.1) is 15.2 Å². The molecule has 0 amide bonds. The lowest BCUT2D eigenvalue weighted by Gasteiger charge is -2.06. The van der Waals surface area contributed by atoms with Crippen LogP contribution in [0.5, 0.6) is 11.5 Å². The number of aromatic nitrogens is 1. The standard InChI is InChI=1S/C16H13NO2S/c1-10(18)12-3-5-13(6-4-12)19-14-7-8-15-16(9-14)20-11(2)17-15/h3-9H,1-2H3. The third-order valence-electron chi connectivity index (χ3n) is 2.96. The molecule has 0 fully saturated rings. The highest BCUT2D eigenvalue weighted by Crippen LogP contribution is 2.29. The maximum Gasteiger partial charge on any atom is 0.159 e. The monoisotopic (exact) mass is 283 g/mol. The van der Waals surface area contributed by atoms with Crippen molar-refractivity contribution < 1.29 is 9.53 Å². The SMILES string of the molecule is CC(=O)c1ccc(Oc2ccc3nc(C)sc3c2)cc1. The number of hydrogen-bond acceptors (Lipinski definition) is 4. The van der Waals surface area contributed by atoms with E-state index in [0.29, 0.717) is 5.56 Å². The first-order valence-electron chi connectivity index (χ1n) is 6.28. The summed E-state index contributed by atoms with van der Waals surface area (Å²) >= 11 is 1.65. The molecule has 3 rings (SSSR count).